The monoisotopic (exact) mass is 180 g/mol. The standard InChI is InChI=1S/C9H16N4/c1-2-3-4-5-8-9(13-10)12-7-6-11-8/h6-7H,2-5,10H2,1H3,(H,12,13). The van der Waals surface area contributed by atoms with Gasteiger partial charge in [0.1, 0.15) is 0 Å². The van der Waals surface area contributed by atoms with Gasteiger partial charge < -0.3 is 5.43 Å². The average molecular weight is 180 g/mol. The Balaban J connectivity index is 2.54. The van der Waals surface area contributed by atoms with Crippen molar-refractivity contribution < 1.29 is 0 Å². The molecule has 1 heterocycles. The molecule has 72 valence electrons. The van der Waals surface area contributed by atoms with E-state index in [9.17, 15) is 0 Å². The molecule has 0 aliphatic carbocycles. The Bertz CT molecular complexity index is 249. The van der Waals surface area contributed by atoms with Gasteiger partial charge in [-0.2, -0.15) is 0 Å². The Morgan fingerprint density at radius 3 is 2.77 bits per heavy atom. The van der Waals surface area contributed by atoms with Gasteiger partial charge in [-0.3, -0.25) is 4.98 Å². The molecule has 0 radical (unpaired) electrons. The highest BCUT2D eigenvalue weighted by Gasteiger charge is 2.01. The molecule has 0 saturated carbocycles. The number of hydrazine groups is 1. The first kappa shape index (κ1) is 9.92. The summed E-state index contributed by atoms with van der Waals surface area (Å²) in [4.78, 5) is 8.29. The summed E-state index contributed by atoms with van der Waals surface area (Å²) in [7, 11) is 0. The summed E-state index contributed by atoms with van der Waals surface area (Å²) in [5.41, 5.74) is 3.51. The van der Waals surface area contributed by atoms with Gasteiger partial charge in [0.15, 0.2) is 5.82 Å². The molecule has 1 rings (SSSR count). The van der Waals surface area contributed by atoms with Crippen LogP contribution in [0.5, 0.6) is 0 Å². The molecule has 4 heteroatoms. The fraction of sp³-hybridized carbons (Fsp3) is 0.556. The van der Waals surface area contributed by atoms with E-state index in [0.29, 0.717) is 5.82 Å². The fourth-order valence-corrected chi connectivity index (χ4v) is 1.21. The maximum Gasteiger partial charge on any atom is 0.161 e. The summed E-state index contributed by atoms with van der Waals surface area (Å²) in [6, 6.07) is 0. The molecule has 0 fully saturated rings. The predicted octanol–water partition coefficient (Wildman–Crippen LogP) is 1.49. The van der Waals surface area contributed by atoms with E-state index < -0.39 is 0 Å². The highest BCUT2D eigenvalue weighted by molar-refractivity contribution is 5.37. The minimum absolute atomic E-state index is 0.693. The number of hydrogen-bond donors (Lipinski definition) is 2. The lowest BCUT2D eigenvalue weighted by Gasteiger charge is -2.04. The number of nitrogens with two attached hydrogens (primary N) is 1. The minimum atomic E-state index is 0.693. The second-order valence-electron chi connectivity index (χ2n) is 2.95. The number of aromatic nitrogens is 2. The third-order valence-corrected chi connectivity index (χ3v) is 1.93. The van der Waals surface area contributed by atoms with Crippen molar-refractivity contribution in [1.29, 1.82) is 0 Å². The summed E-state index contributed by atoms with van der Waals surface area (Å²) in [6.07, 6.45) is 7.86. The molecular formula is C9H16N4. The van der Waals surface area contributed by atoms with Gasteiger partial charge in [-0.05, 0) is 12.8 Å². The van der Waals surface area contributed by atoms with E-state index in [-0.39, 0.29) is 0 Å². The molecule has 0 aliphatic heterocycles. The van der Waals surface area contributed by atoms with E-state index in [0.717, 1.165) is 18.5 Å². The van der Waals surface area contributed by atoms with E-state index in [1.54, 1.807) is 12.4 Å². The number of anilines is 1. The van der Waals surface area contributed by atoms with Crippen molar-refractivity contribution in [3.05, 3.63) is 18.1 Å². The van der Waals surface area contributed by atoms with Crippen molar-refractivity contribution in [1.82, 2.24) is 9.97 Å². The molecule has 4 nitrogen and oxygen atoms in total. The van der Waals surface area contributed by atoms with Gasteiger partial charge in [0.05, 0.1) is 5.69 Å². The van der Waals surface area contributed by atoms with Crippen molar-refractivity contribution in [3.8, 4) is 0 Å². The lowest BCUT2D eigenvalue weighted by molar-refractivity contribution is 0.706. The third kappa shape index (κ3) is 2.99. The number of rotatable bonds is 5. The van der Waals surface area contributed by atoms with Gasteiger partial charge in [-0.15, -0.1) is 0 Å². The van der Waals surface area contributed by atoms with Crippen LogP contribution in [0.15, 0.2) is 12.4 Å². The van der Waals surface area contributed by atoms with Gasteiger partial charge in [0.25, 0.3) is 0 Å². The molecule has 0 aromatic carbocycles. The van der Waals surface area contributed by atoms with Gasteiger partial charge in [0.2, 0.25) is 0 Å². The maximum atomic E-state index is 5.30. The number of unbranched alkanes of at least 4 members (excludes halogenated alkanes) is 2. The number of aryl methyl sites for hydroxylation is 1. The zero-order chi connectivity index (χ0) is 9.52. The number of nitrogen functional groups attached to an aromatic ring is 1. The van der Waals surface area contributed by atoms with Crippen molar-refractivity contribution in [2.75, 3.05) is 5.43 Å². The zero-order valence-electron chi connectivity index (χ0n) is 7.95. The predicted molar refractivity (Wildman–Crippen MR) is 53.1 cm³/mol. The number of hydrogen-bond acceptors (Lipinski definition) is 4. The second-order valence-corrected chi connectivity index (χ2v) is 2.95. The highest BCUT2D eigenvalue weighted by atomic mass is 15.3. The Morgan fingerprint density at radius 2 is 2.08 bits per heavy atom. The molecule has 0 aliphatic rings. The molecule has 1 aromatic rings. The van der Waals surface area contributed by atoms with Crippen LogP contribution < -0.4 is 11.3 Å². The quantitative estimate of drug-likeness (QED) is 0.409. The van der Waals surface area contributed by atoms with E-state index >= 15 is 0 Å². The molecule has 0 spiro atoms. The fourth-order valence-electron chi connectivity index (χ4n) is 1.21. The Kier molecular flexibility index (Phi) is 4.18. The lowest BCUT2D eigenvalue weighted by atomic mass is 10.1. The van der Waals surface area contributed by atoms with Crippen LogP contribution in [-0.2, 0) is 6.42 Å². The van der Waals surface area contributed by atoms with E-state index in [1.807, 2.05) is 0 Å². The highest BCUT2D eigenvalue weighted by Crippen LogP contribution is 2.10. The van der Waals surface area contributed by atoms with Gasteiger partial charge >= 0.3 is 0 Å². The van der Waals surface area contributed by atoms with Crippen LogP contribution in [0, 0.1) is 0 Å². The van der Waals surface area contributed by atoms with E-state index in [2.05, 4.69) is 22.3 Å². The molecular weight excluding hydrogens is 164 g/mol. The van der Waals surface area contributed by atoms with Crippen LogP contribution in [0.1, 0.15) is 31.9 Å². The van der Waals surface area contributed by atoms with Gasteiger partial charge in [-0.1, -0.05) is 19.8 Å². The van der Waals surface area contributed by atoms with E-state index in [1.165, 1.54) is 12.8 Å². The van der Waals surface area contributed by atoms with Crippen molar-refractivity contribution in [2.45, 2.75) is 32.6 Å². The molecule has 0 saturated heterocycles. The first-order valence-corrected chi connectivity index (χ1v) is 4.65. The van der Waals surface area contributed by atoms with Crippen LogP contribution >= 0.6 is 0 Å². The number of nitrogens with one attached hydrogen (secondary N) is 1. The molecule has 0 unspecified atom stereocenters. The first-order chi connectivity index (χ1) is 6.38. The van der Waals surface area contributed by atoms with Crippen molar-refractivity contribution in [2.24, 2.45) is 5.84 Å². The normalized spacial score (nSPS) is 10.0. The molecule has 13 heavy (non-hydrogen) atoms. The molecule has 1 aromatic heterocycles. The van der Waals surface area contributed by atoms with Crippen LogP contribution in [0.2, 0.25) is 0 Å². The topological polar surface area (TPSA) is 63.8 Å². The smallest absolute Gasteiger partial charge is 0.161 e. The van der Waals surface area contributed by atoms with Gasteiger partial charge in [-0.25, -0.2) is 10.8 Å². The Morgan fingerprint density at radius 1 is 1.31 bits per heavy atom. The van der Waals surface area contributed by atoms with Crippen molar-refractivity contribution in [3.63, 3.8) is 0 Å². The summed E-state index contributed by atoms with van der Waals surface area (Å²) >= 11 is 0. The van der Waals surface area contributed by atoms with Crippen LogP contribution in [0.3, 0.4) is 0 Å². The van der Waals surface area contributed by atoms with Crippen LogP contribution in [-0.4, -0.2) is 9.97 Å². The molecule has 0 amide bonds. The van der Waals surface area contributed by atoms with Gasteiger partial charge in [0, 0.05) is 12.4 Å². The minimum Gasteiger partial charge on any atom is -0.307 e. The lowest BCUT2D eigenvalue weighted by Crippen LogP contribution is -2.12. The molecule has 3 N–H and O–H groups in total. The summed E-state index contributed by atoms with van der Waals surface area (Å²) in [5, 5.41) is 0. The largest absolute Gasteiger partial charge is 0.307 e. The number of nitrogens with zero attached hydrogens (tertiary/aromatic N) is 2. The Labute approximate surface area is 78.6 Å². The molecule has 0 bridgehead atoms. The van der Waals surface area contributed by atoms with E-state index in [4.69, 9.17) is 5.84 Å². The van der Waals surface area contributed by atoms with Crippen LogP contribution in [0.4, 0.5) is 5.82 Å². The Hall–Kier alpha value is -1.16. The summed E-state index contributed by atoms with van der Waals surface area (Å²) in [6.45, 7) is 2.18. The van der Waals surface area contributed by atoms with Crippen molar-refractivity contribution >= 4 is 5.82 Å². The third-order valence-electron chi connectivity index (χ3n) is 1.93. The summed E-state index contributed by atoms with van der Waals surface area (Å²) < 4.78 is 0. The summed E-state index contributed by atoms with van der Waals surface area (Å²) in [5.74, 6) is 6.00. The molecule has 0 atom stereocenters. The SMILES string of the molecule is CCCCCc1nccnc1NN. The first-order valence-electron chi connectivity index (χ1n) is 4.65. The second kappa shape index (κ2) is 5.48. The zero-order valence-corrected chi connectivity index (χ0v) is 7.95. The van der Waals surface area contributed by atoms with Crippen LogP contribution in [0.25, 0.3) is 0 Å². The maximum absolute atomic E-state index is 5.30. The average Bonchev–Trinajstić information content (AvgIpc) is 2.19.